The topological polar surface area (TPSA) is 47.8 Å². The normalized spacial score (nSPS) is 10.1. The highest BCUT2D eigenvalue weighted by atomic mass is 14.9. The van der Waals surface area contributed by atoms with Gasteiger partial charge in [0.25, 0.3) is 0 Å². The maximum Gasteiger partial charge on any atom is 0.0991 e. The summed E-state index contributed by atoms with van der Waals surface area (Å²) in [6.07, 6.45) is 0. The first-order valence-electron chi connectivity index (χ1n) is 6.78. The molecule has 21 heavy (non-hydrogen) atoms. The number of anilines is 3. The van der Waals surface area contributed by atoms with Crippen LogP contribution in [0.2, 0.25) is 0 Å². The van der Waals surface area contributed by atoms with Crippen molar-refractivity contribution in [3.63, 3.8) is 0 Å². The summed E-state index contributed by atoms with van der Waals surface area (Å²) < 4.78 is 0. The molecule has 0 spiro atoms. The van der Waals surface area contributed by atoms with E-state index in [1.807, 2.05) is 43.4 Å². The van der Waals surface area contributed by atoms with Crippen LogP contribution in [0.4, 0.5) is 17.1 Å². The summed E-state index contributed by atoms with van der Waals surface area (Å²) in [4.78, 5) is 0. The molecule has 0 unspecified atom stereocenters. The molecule has 0 fully saturated rings. The van der Waals surface area contributed by atoms with Gasteiger partial charge in [0.15, 0.2) is 0 Å². The molecule has 0 aliphatic carbocycles. The quantitative estimate of drug-likeness (QED) is 0.738. The van der Waals surface area contributed by atoms with E-state index in [1.165, 1.54) is 5.39 Å². The van der Waals surface area contributed by atoms with E-state index in [-0.39, 0.29) is 0 Å². The van der Waals surface area contributed by atoms with Crippen LogP contribution < -0.4 is 10.6 Å². The Morgan fingerprint density at radius 2 is 1.67 bits per heavy atom. The van der Waals surface area contributed by atoms with Crippen LogP contribution in [0.1, 0.15) is 5.56 Å². The molecule has 3 heteroatoms. The van der Waals surface area contributed by atoms with Crippen molar-refractivity contribution in [3.8, 4) is 6.07 Å². The molecule has 0 atom stereocenters. The standard InChI is InChI=1S/C18H15N3/c1-20-17-11-8-14-4-2-3-5-16(14)18(17)21-15-9-6-13(12-19)7-10-15/h2-11,20-21H,1H3. The van der Waals surface area contributed by atoms with Gasteiger partial charge >= 0.3 is 0 Å². The lowest BCUT2D eigenvalue weighted by Crippen LogP contribution is -1.98. The fourth-order valence-corrected chi connectivity index (χ4v) is 2.39. The molecule has 0 bridgehead atoms. The van der Waals surface area contributed by atoms with Crippen molar-refractivity contribution in [2.75, 3.05) is 17.7 Å². The van der Waals surface area contributed by atoms with E-state index in [1.54, 1.807) is 0 Å². The third-order valence-corrected chi connectivity index (χ3v) is 3.48. The minimum atomic E-state index is 0.660. The number of nitrogens with zero attached hydrogens (tertiary/aromatic N) is 1. The summed E-state index contributed by atoms with van der Waals surface area (Å²) in [6, 6.07) is 22.0. The van der Waals surface area contributed by atoms with Gasteiger partial charge in [0.1, 0.15) is 0 Å². The van der Waals surface area contributed by atoms with Crippen molar-refractivity contribution in [2.24, 2.45) is 0 Å². The van der Waals surface area contributed by atoms with E-state index >= 15 is 0 Å². The van der Waals surface area contributed by atoms with Gasteiger partial charge in [-0.3, -0.25) is 0 Å². The van der Waals surface area contributed by atoms with E-state index in [9.17, 15) is 0 Å². The molecule has 3 aromatic carbocycles. The molecule has 3 aromatic rings. The smallest absolute Gasteiger partial charge is 0.0991 e. The molecule has 0 aliphatic rings. The van der Waals surface area contributed by atoms with Crippen molar-refractivity contribution in [3.05, 3.63) is 66.2 Å². The molecule has 0 saturated carbocycles. The number of hydrogen-bond acceptors (Lipinski definition) is 3. The molecule has 0 aliphatic heterocycles. The van der Waals surface area contributed by atoms with Crippen LogP contribution in [-0.2, 0) is 0 Å². The predicted molar refractivity (Wildman–Crippen MR) is 87.9 cm³/mol. The highest BCUT2D eigenvalue weighted by Gasteiger charge is 2.06. The Kier molecular flexibility index (Phi) is 3.44. The summed E-state index contributed by atoms with van der Waals surface area (Å²) in [5.74, 6) is 0. The SMILES string of the molecule is CNc1ccc2ccccc2c1Nc1ccc(C#N)cc1. The lowest BCUT2D eigenvalue weighted by atomic mass is 10.1. The van der Waals surface area contributed by atoms with Gasteiger partial charge in [-0.1, -0.05) is 30.3 Å². The lowest BCUT2D eigenvalue weighted by Gasteiger charge is -2.15. The fourth-order valence-electron chi connectivity index (χ4n) is 2.39. The molecule has 0 amide bonds. The number of nitriles is 1. The van der Waals surface area contributed by atoms with Crippen LogP contribution in [0.5, 0.6) is 0 Å². The molecular formula is C18H15N3. The Morgan fingerprint density at radius 3 is 2.38 bits per heavy atom. The number of rotatable bonds is 3. The summed E-state index contributed by atoms with van der Waals surface area (Å²) >= 11 is 0. The number of hydrogen-bond donors (Lipinski definition) is 2. The number of fused-ring (bicyclic) bond motifs is 1. The maximum atomic E-state index is 8.86. The fraction of sp³-hybridized carbons (Fsp3) is 0.0556. The van der Waals surface area contributed by atoms with Crippen molar-refractivity contribution in [1.82, 2.24) is 0 Å². The van der Waals surface area contributed by atoms with Gasteiger partial charge in [-0.15, -0.1) is 0 Å². The predicted octanol–water partition coefficient (Wildman–Crippen LogP) is 4.50. The third kappa shape index (κ3) is 2.52. The Labute approximate surface area is 123 Å². The minimum Gasteiger partial charge on any atom is -0.386 e. The van der Waals surface area contributed by atoms with Gasteiger partial charge in [-0.05, 0) is 35.7 Å². The van der Waals surface area contributed by atoms with Crippen molar-refractivity contribution >= 4 is 27.8 Å². The molecule has 2 N–H and O–H groups in total. The second-order valence-electron chi connectivity index (χ2n) is 4.77. The second kappa shape index (κ2) is 5.56. The van der Waals surface area contributed by atoms with E-state index in [0.717, 1.165) is 22.4 Å². The average molecular weight is 273 g/mol. The van der Waals surface area contributed by atoms with Crippen molar-refractivity contribution < 1.29 is 0 Å². The van der Waals surface area contributed by atoms with Gasteiger partial charge in [-0.25, -0.2) is 0 Å². The van der Waals surface area contributed by atoms with Crippen LogP contribution in [0.15, 0.2) is 60.7 Å². The van der Waals surface area contributed by atoms with Gasteiger partial charge in [0.05, 0.1) is 23.0 Å². The molecule has 0 radical (unpaired) electrons. The third-order valence-electron chi connectivity index (χ3n) is 3.48. The van der Waals surface area contributed by atoms with E-state index < -0.39 is 0 Å². The molecule has 0 saturated heterocycles. The van der Waals surface area contributed by atoms with Gasteiger partial charge < -0.3 is 10.6 Å². The number of benzene rings is 3. The zero-order chi connectivity index (χ0) is 14.7. The largest absolute Gasteiger partial charge is 0.386 e. The Bertz CT molecular complexity index is 814. The Balaban J connectivity index is 2.07. The first-order chi connectivity index (χ1) is 10.3. The zero-order valence-electron chi connectivity index (χ0n) is 11.7. The number of nitrogens with one attached hydrogen (secondary N) is 2. The Hall–Kier alpha value is -2.99. The second-order valence-corrected chi connectivity index (χ2v) is 4.77. The molecule has 3 nitrogen and oxygen atoms in total. The van der Waals surface area contributed by atoms with Crippen LogP contribution >= 0.6 is 0 Å². The lowest BCUT2D eigenvalue weighted by molar-refractivity contribution is 1.47. The first kappa shape index (κ1) is 13.0. The first-order valence-corrected chi connectivity index (χ1v) is 6.78. The maximum absolute atomic E-state index is 8.86. The summed E-state index contributed by atoms with van der Waals surface area (Å²) in [5, 5.41) is 17.9. The highest BCUT2D eigenvalue weighted by molar-refractivity contribution is 6.01. The summed E-state index contributed by atoms with van der Waals surface area (Å²) in [5.41, 5.74) is 3.70. The monoisotopic (exact) mass is 273 g/mol. The molecule has 102 valence electrons. The highest BCUT2D eigenvalue weighted by Crippen LogP contribution is 2.33. The zero-order valence-corrected chi connectivity index (χ0v) is 11.7. The van der Waals surface area contributed by atoms with Crippen LogP contribution in [0, 0.1) is 11.3 Å². The van der Waals surface area contributed by atoms with Gasteiger partial charge in [-0.2, -0.15) is 5.26 Å². The van der Waals surface area contributed by atoms with E-state index in [4.69, 9.17) is 5.26 Å². The molecule has 0 aromatic heterocycles. The van der Waals surface area contributed by atoms with Crippen molar-refractivity contribution in [2.45, 2.75) is 0 Å². The van der Waals surface area contributed by atoms with Gasteiger partial charge in [0, 0.05) is 18.1 Å². The van der Waals surface area contributed by atoms with Gasteiger partial charge in [0.2, 0.25) is 0 Å². The molecular weight excluding hydrogens is 258 g/mol. The summed E-state index contributed by atoms with van der Waals surface area (Å²) in [6.45, 7) is 0. The molecule has 0 heterocycles. The molecule has 3 rings (SSSR count). The average Bonchev–Trinajstić information content (AvgIpc) is 2.56. The van der Waals surface area contributed by atoms with Crippen LogP contribution in [0.3, 0.4) is 0 Å². The minimum absolute atomic E-state index is 0.660. The summed E-state index contributed by atoms with van der Waals surface area (Å²) in [7, 11) is 1.91. The van der Waals surface area contributed by atoms with E-state index in [2.05, 4.69) is 41.0 Å². The Morgan fingerprint density at radius 1 is 0.905 bits per heavy atom. The van der Waals surface area contributed by atoms with Crippen molar-refractivity contribution in [1.29, 1.82) is 5.26 Å². The van der Waals surface area contributed by atoms with Crippen LogP contribution in [-0.4, -0.2) is 7.05 Å². The van der Waals surface area contributed by atoms with Crippen LogP contribution in [0.25, 0.3) is 10.8 Å². The van der Waals surface area contributed by atoms with E-state index in [0.29, 0.717) is 5.56 Å².